The standard InChI is InChI=1S/C19H22N2O4S/c1-25-15-7-5-14(6-8-15)18-20-11-16(26-18)19(24)21-10-2-3-13(12-21)4-9-17(22)23/h5-8,11,13H,2-4,9-10,12H2,1H3,(H,22,23)/t13-/m0/s1. The first kappa shape index (κ1) is 18.4. The molecule has 0 spiro atoms. The summed E-state index contributed by atoms with van der Waals surface area (Å²) < 4.78 is 5.16. The Labute approximate surface area is 156 Å². The molecule has 1 amide bonds. The van der Waals surface area contributed by atoms with Crippen LogP contribution >= 0.6 is 11.3 Å². The molecular weight excluding hydrogens is 352 g/mol. The maximum atomic E-state index is 12.8. The number of piperidine rings is 1. The minimum Gasteiger partial charge on any atom is -0.497 e. The summed E-state index contributed by atoms with van der Waals surface area (Å²) in [5.41, 5.74) is 0.952. The Hall–Kier alpha value is -2.41. The van der Waals surface area contributed by atoms with E-state index in [1.165, 1.54) is 11.3 Å². The predicted molar refractivity (Wildman–Crippen MR) is 99.6 cm³/mol. The van der Waals surface area contributed by atoms with Gasteiger partial charge in [-0.25, -0.2) is 4.98 Å². The SMILES string of the molecule is COc1ccc(-c2ncc(C(=O)N3CCC[C@@H](CCC(=O)O)C3)s2)cc1. The van der Waals surface area contributed by atoms with Crippen LogP contribution in [0.2, 0.25) is 0 Å². The van der Waals surface area contributed by atoms with Crippen LogP contribution in [-0.2, 0) is 4.79 Å². The smallest absolute Gasteiger partial charge is 0.303 e. The van der Waals surface area contributed by atoms with Crippen molar-refractivity contribution in [2.45, 2.75) is 25.7 Å². The predicted octanol–water partition coefficient (Wildman–Crippen LogP) is 3.54. The fraction of sp³-hybridized carbons (Fsp3) is 0.421. The molecule has 0 radical (unpaired) electrons. The Kier molecular flexibility index (Phi) is 5.88. The molecule has 1 aromatic heterocycles. The number of ether oxygens (including phenoxy) is 1. The highest BCUT2D eigenvalue weighted by atomic mass is 32.1. The number of aliphatic carboxylic acids is 1. The third-order valence-corrected chi connectivity index (χ3v) is 5.66. The van der Waals surface area contributed by atoms with Crippen molar-refractivity contribution in [1.82, 2.24) is 9.88 Å². The van der Waals surface area contributed by atoms with Crippen LogP contribution in [0.1, 0.15) is 35.4 Å². The van der Waals surface area contributed by atoms with Crippen molar-refractivity contribution in [3.05, 3.63) is 35.3 Å². The number of benzene rings is 1. The van der Waals surface area contributed by atoms with Gasteiger partial charge in [-0.05, 0) is 49.4 Å². The van der Waals surface area contributed by atoms with Crippen molar-refractivity contribution in [3.63, 3.8) is 0 Å². The Balaban J connectivity index is 1.66. The number of carboxylic acid groups (broad SMARTS) is 1. The highest BCUT2D eigenvalue weighted by Crippen LogP contribution is 2.29. The molecule has 0 bridgehead atoms. The van der Waals surface area contributed by atoms with Gasteiger partial charge in [-0.15, -0.1) is 11.3 Å². The first-order valence-electron chi connectivity index (χ1n) is 8.68. The molecule has 6 nitrogen and oxygen atoms in total. The largest absolute Gasteiger partial charge is 0.497 e. The van der Waals surface area contributed by atoms with E-state index in [2.05, 4.69) is 4.98 Å². The maximum Gasteiger partial charge on any atom is 0.303 e. The molecule has 1 N–H and O–H groups in total. The molecule has 0 saturated carbocycles. The van der Waals surface area contributed by atoms with Crippen molar-refractivity contribution in [3.8, 4) is 16.3 Å². The van der Waals surface area contributed by atoms with Crippen LogP contribution < -0.4 is 4.74 Å². The van der Waals surface area contributed by atoms with E-state index in [1.54, 1.807) is 13.3 Å². The normalized spacial score (nSPS) is 17.1. The second-order valence-electron chi connectivity index (χ2n) is 6.45. The molecule has 1 aliphatic heterocycles. The van der Waals surface area contributed by atoms with Crippen molar-refractivity contribution in [2.75, 3.05) is 20.2 Å². The van der Waals surface area contributed by atoms with E-state index < -0.39 is 5.97 Å². The molecule has 26 heavy (non-hydrogen) atoms. The molecule has 0 unspecified atom stereocenters. The van der Waals surface area contributed by atoms with Gasteiger partial charge in [-0.1, -0.05) is 0 Å². The van der Waals surface area contributed by atoms with Gasteiger partial charge >= 0.3 is 5.97 Å². The van der Waals surface area contributed by atoms with Gasteiger partial charge in [0.15, 0.2) is 0 Å². The van der Waals surface area contributed by atoms with Gasteiger partial charge in [0, 0.05) is 25.1 Å². The lowest BCUT2D eigenvalue weighted by molar-refractivity contribution is -0.137. The molecule has 1 atom stereocenters. The van der Waals surface area contributed by atoms with Crippen molar-refractivity contribution < 1.29 is 19.4 Å². The van der Waals surface area contributed by atoms with Gasteiger partial charge in [0.05, 0.1) is 13.3 Å². The molecule has 2 heterocycles. The minimum atomic E-state index is -0.778. The summed E-state index contributed by atoms with van der Waals surface area (Å²) in [4.78, 5) is 30.4. The number of nitrogens with zero attached hydrogens (tertiary/aromatic N) is 2. The summed E-state index contributed by atoms with van der Waals surface area (Å²) in [5.74, 6) is 0.252. The number of carbonyl (C=O) groups is 2. The van der Waals surface area contributed by atoms with Crippen molar-refractivity contribution >= 4 is 23.2 Å². The lowest BCUT2D eigenvalue weighted by atomic mass is 9.93. The second kappa shape index (κ2) is 8.31. The Bertz CT molecular complexity index is 772. The zero-order chi connectivity index (χ0) is 18.5. The third-order valence-electron chi connectivity index (χ3n) is 4.63. The van der Waals surface area contributed by atoms with E-state index >= 15 is 0 Å². The average molecular weight is 374 g/mol. The van der Waals surface area contributed by atoms with Crippen LogP contribution in [0.4, 0.5) is 0 Å². The summed E-state index contributed by atoms with van der Waals surface area (Å²) >= 11 is 1.38. The molecule has 0 aliphatic carbocycles. The zero-order valence-electron chi connectivity index (χ0n) is 14.7. The van der Waals surface area contributed by atoms with Gasteiger partial charge < -0.3 is 14.7 Å². The number of aromatic nitrogens is 1. The second-order valence-corrected chi connectivity index (χ2v) is 7.48. The summed E-state index contributed by atoms with van der Waals surface area (Å²) in [5, 5.41) is 9.65. The summed E-state index contributed by atoms with van der Waals surface area (Å²) in [7, 11) is 1.62. The highest BCUT2D eigenvalue weighted by molar-refractivity contribution is 7.16. The topological polar surface area (TPSA) is 79.7 Å². The number of likely N-dealkylation sites (tertiary alicyclic amines) is 1. The monoisotopic (exact) mass is 374 g/mol. The minimum absolute atomic E-state index is 0.0118. The molecule has 7 heteroatoms. The van der Waals surface area contributed by atoms with Crippen LogP contribution in [0, 0.1) is 5.92 Å². The number of hydrogen-bond acceptors (Lipinski definition) is 5. The molecule has 138 valence electrons. The van der Waals surface area contributed by atoms with Gasteiger partial charge in [0.2, 0.25) is 0 Å². The number of hydrogen-bond donors (Lipinski definition) is 1. The molecule has 3 rings (SSSR count). The van der Waals surface area contributed by atoms with Gasteiger partial charge in [0.1, 0.15) is 15.6 Å². The van der Waals surface area contributed by atoms with Gasteiger partial charge in [-0.3, -0.25) is 9.59 Å². The Morgan fingerprint density at radius 3 is 2.81 bits per heavy atom. The third kappa shape index (κ3) is 4.40. The van der Waals surface area contributed by atoms with E-state index in [0.717, 1.165) is 35.7 Å². The number of carbonyl (C=O) groups excluding carboxylic acids is 1. The highest BCUT2D eigenvalue weighted by Gasteiger charge is 2.26. The lowest BCUT2D eigenvalue weighted by Crippen LogP contribution is -2.39. The van der Waals surface area contributed by atoms with Crippen LogP contribution in [-0.4, -0.2) is 47.1 Å². The van der Waals surface area contributed by atoms with Crippen LogP contribution in [0.5, 0.6) is 5.75 Å². The summed E-state index contributed by atoms with van der Waals surface area (Å²) in [6.07, 6.45) is 4.32. The number of carboxylic acids is 1. The first-order chi connectivity index (χ1) is 12.6. The number of methoxy groups -OCH3 is 1. The number of thiazole rings is 1. The maximum absolute atomic E-state index is 12.8. The van der Waals surface area contributed by atoms with Crippen LogP contribution in [0.3, 0.4) is 0 Å². The van der Waals surface area contributed by atoms with E-state index in [-0.39, 0.29) is 18.2 Å². The molecule has 2 aromatic rings. The Morgan fingerprint density at radius 1 is 1.35 bits per heavy atom. The van der Waals surface area contributed by atoms with E-state index in [1.807, 2.05) is 29.2 Å². The molecule has 1 saturated heterocycles. The van der Waals surface area contributed by atoms with E-state index in [9.17, 15) is 9.59 Å². The quantitative estimate of drug-likeness (QED) is 0.837. The summed E-state index contributed by atoms with van der Waals surface area (Å²) in [6, 6.07) is 7.59. The fourth-order valence-corrected chi connectivity index (χ4v) is 4.10. The Morgan fingerprint density at radius 2 is 2.12 bits per heavy atom. The average Bonchev–Trinajstić information content (AvgIpc) is 3.16. The van der Waals surface area contributed by atoms with Crippen molar-refractivity contribution in [1.29, 1.82) is 0 Å². The molecule has 1 fully saturated rings. The van der Waals surface area contributed by atoms with Gasteiger partial charge in [-0.2, -0.15) is 0 Å². The fourth-order valence-electron chi connectivity index (χ4n) is 3.21. The van der Waals surface area contributed by atoms with Gasteiger partial charge in [0.25, 0.3) is 5.91 Å². The lowest BCUT2D eigenvalue weighted by Gasteiger charge is -2.32. The number of rotatable bonds is 6. The van der Waals surface area contributed by atoms with Crippen molar-refractivity contribution in [2.24, 2.45) is 5.92 Å². The van der Waals surface area contributed by atoms with E-state index in [0.29, 0.717) is 17.8 Å². The molecule has 1 aliphatic rings. The summed E-state index contributed by atoms with van der Waals surface area (Å²) in [6.45, 7) is 1.35. The van der Waals surface area contributed by atoms with Crippen LogP contribution in [0.15, 0.2) is 30.5 Å². The molecular formula is C19H22N2O4S. The zero-order valence-corrected chi connectivity index (χ0v) is 15.5. The number of amides is 1. The first-order valence-corrected chi connectivity index (χ1v) is 9.50. The van der Waals surface area contributed by atoms with Crippen LogP contribution in [0.25, 0.3) is 10.6 Å². The molecule has 1 aromatic carbocycles. The van der Waals surface area contributed by atoms with E-state index in [4.69, 9.17) is 9.84 Å².